The number of carboxylic acids is 1. The van der Waals surface area contributed by atoms with Gasteiger partial charge in [-0.05, 0) is 38.8 Å². The van der Waals surface area contributed by atoms with E-state index in [0.717, 1.165) is 4.57 Å². The van der Waals surface area contributed by atoms with Crippen molar-refractivity contribution in [3.63, 3.8) is 0 Å². The van der Waals surface area contributed by atoms with Crippen LogP contribution in [-0.4, -0.2) is 55.7 Å². The van der Waals surface area contributed by atoms with Crippen LogP contribution in [0.5, 0.6) is 0 Å². The van der Waals surface area contributed by atoms with Crippen LogP contribution in [0.15, 0.2) is 12.1 Å². The predicted octanol–water partition coefficient (Wildman–Crippen LogP) is 3.98. The zero-order valence-electron chi connectivity index (χ0n) is 21.1. The molecule has 1 aliphatic rings. The van der Waals surface area contributed by atoms with Crippen molar-refractivity contribution in [2.45, 2.75) is 71.2 Å². The van der Waals surface area contributed by atoms with Gasteiger partial charge in [0.15, 0.2) is 23.2 Å². The molecule has 38 heavy (non-hydrogen) atoms. The molecule has 0 radical (unpaired) electrons. The molecule has 2 N–H and O–H groups in total. The first-order valence-electron chi connectivity index (χ1n) is 11.6. The van der Waals surface area contributed by atoms with Crippen molar-refractivity contribution >= 4 is 18.0 Å². The lowest BCUT2D eigenvalue weighted by atomic mass is 10.0. The highest BCUT2D eigenvalue weighted by Crippen LogP contribution is 2.31. The van der Waals surface area contributed by atoms with E-state index in [-0.39, 0.29) is 30.9 Å². The van der Waals surface area contributed by atoms with E-state index in [1.165, 1.54) is 4.90 Å². The number of benzene rings is 1. The highest BCUT2D eigenvalue weighted by molar-refractivity contribution is 5.87. The molecule has 0 unspecified atom stereocenters. The number of alkyl halides is 2. The van der Waals surface area contributed by atoms with E-state index < -0.39 is 77.3 Å². The number of hydrogen-bond donors (Lipinski definition) is 2. The van der Waals surface area contributed by atoms with E-state index in [4.69, 9.17) is 4.74 Å². The second-order valence-electron chi connectivity index (χ2n) is 10.0. The molecule has 2 heterocycles. The second kappa shape index (κ2) is 10.6. The van der Waals surface area contributed by atoms with Gasteiger partial charge in [-0.1, -0.05) is 0 Å². The minimum Gasteiger partial charge on any atom is -0.476 e. The molecule has 0 fully saturated rings. The molecule has 1 aromatic carbocycles. The molecule has 0 aliphatic carbocycles. The van der Waals surface area contributed by atoms with Gasteiger partial charge in [-0.15, -0.1) is 0 Å². The molecule has 1 aliphatic heterocycles. The van der Waals surface area contributed by atoms with Gasteiger partial charge >= 0.3 is 18.0 Å². The average Bonchev–Trinajstić information content (AvgIpc) is 3.15. The highest BCUT2D eigenvalue weighted by atomic mass is 19.3. The molecule has 9 nitrogen and oxygen atoms in total. The van der Waals surface area contributed by atoms with E-state index in [1.807, 2.05) is 0 Å². The lowest BCUT2D eigenvalue weighted by molar-refractivity contribution is -0.133. The van der Waals surface area contributed by atoms with Crippen LogP contribution >= 0.6 is 0 Å². The Hall–Kier alpha value is -3.71. The maximum Gasteiger partial charge on any atom is 0.407 e. The SMILES string of the molecule is CC(C)(C)OC(=O)N[C@@H](CC(=O)N1CCn2c(C(C)(F)F)nc(C(=O)O)c2C1)Cc1cc(F)c(F)cc1F. The van der Waals surface area contributed by atoms with Crippen LogP contribution < -0.4 is 5.32 Å². The van der Waals surface area contributed by atoms with E-state index in [9.17, 15) is 41.4 Å². The highest BCUT2D eigenvalue weighted by Gasteiger charge is 2.38. The Morgan fingerprint density at radius 2 is 1.71 bits per heavy atom. The number of nitrogens with one attached hydrogen (secondary N) is 1. The zero-order valence-corrected chi connectivity index (χ0v) is 21.1. The third-order valence-electron chi connectivity index (χ3n) is 5.65. The van der Waals surface area contributed by atoms with Crippen LogP contribution in [0.2, 0.25) is 0 Å². The van der Waals surface area contributed by atoms with Crippen LogP contribution in [0.1, 0.15) is 61.7 Å². The number of amides is 2. The summed E-state index contributed by atoms with van der Waals surface area (Å²) in [6, 6.07) is -0.181. The third kappa shape index (κ3) is 6.78. The molecule has 0 bridgehead atoms. The Balaban J connectivity index is 1.84. The average molecular weight is 546 g/mol. The maximum absolute atomic E-state index is 14.3. The number of aromatic carboxylic acids is 1. The number of halogens is 5. The van der Waals surface area contributed by atoms with Crippen molar-refractivity contribution in [3.05, 3.63) is 52.4 Å². The number of fused-ring (bicyclic) bond motifs is 1. The number of imidazole rings is 1. The molecule has 1 atom stereocenters. The Morgan fingerprint density at radius 3 is 2.29 bits per heavy atom. The maximum atomic E-state index is 14.3. The predicted molar refractivity (Wildman–Crippen MR) is 122 cm³/mol. The van der Waals surface area contributed by atoms with Crippen molar-refractivity contribution in [2.75, 3.05) is 6.54 Å². The largest absolute Gasteiger partial charge is 0.476 e. The fraction of sp³-hybridized carbons (Fsp3) is 0.500. The molecular weight excluding hydrogens is 519 g/mol. The third-order valence-corrected chi connectivity index (χ3v) is 5.65. The minimum absolute atomic E-state index is 0.0803. The first-order chi connectivity index (χ1) is 17.5. The number of nitrogens with zero attached hydrogens (tertiary/aromatic N) is 3. The van der Waals surface area contributed by atoms with E-state index in [1.54, 1.807) is 20.8 Å². The lowest BCUT2D eigenvalue weighted by Gasteiger charge is -2.31. The van der Waals surface area contributed by atoms with Gasteiger partial charge in [0.1, 0.15) is 11.4 Å². The van der Waals surface area contributed by atoms with E-state index in [0.29, 0.717) is 19.1 Å². The van der Waals surface area contributed by atoms with Crippen molar-refractivity contribution in [3.8, 4) is 0 Å². The summed E-state index contributed by atoms with van der Waals surface area (Å²) in [5.41, 5.74) is -1.94. The van der Waals surface area contributed by atoms with Gasteiger partial charge in [-0.2, -0.15) is 8.78 Å². The topological polar surface area (TPSA) is 114 Å². The number of hydrogen-bond acceptors (Lipinski definition) is 5. The van der Waals surface area contributed by atoms with Crippen LogP contribution in [0.3, 0.4) is 0 Å². The molecule has 208 valence electrons. The monoisotopic (exact) mass is 546 g/mol. The standard InChI is InChI=1S/C24H27F5N4O5/c1-23(2,3)38-22(37)30-13(7-12-8-15(26)16(27)10-14(12)25)9-18(34)32-5-6-33-17(11-32)19(20(35)36)31-21(33)24(4,28)29/h8,10,13H,5-7,9,11H2,1-4H3,(H,30,37)(H,35,36)/t13-/m1/s1. The molecule has 2 amide bonds. The van der Waals surface area contributed by atoms with E-state index >= 15 is 0 Å². The van der Waals surface area contributed by atoms with Crippen LogP contribution in [0, 0.1) is 17.5 Å². The van der Waals surface area contributed by atoms with Gasteiger partial charge in [0.05, 0.1) is 12.2 Å². The van der Waals surface area contributed by atoms with Gasteiger partial charge in [-0.3, -0.25) is 4.79 Å². The van der Waals surface area contributed by atoms with Crippen LogP contribution in [0.25, 0.3) is 0 Å². The first kappa shape index (κ1) is 28.9. The Bertz CT molecular complexity index is 1250. The van der Waals surface area contributed by atoms with Gasteiger partial charge in [0.25, 0.3) is 0 Å². The number of carboxylic acid groups (broad SMARTS) is 1. The van der Waals surface area contributed by atoms with Crippen LogP contribution in [0.4, 0.5) is 26.7 Å². The van der Waals surface area contributed by atoms with Gasteiger partial charge < -0.3 is 24.6 Å². The van der Waals surface area contributed by atoms with Crippen molar-refractivity contribution < 1.29 is 46.2 Å². The van der Waals surface area contributed by atoms with Gasteiger partial charge in [-0.25, -0.2) is 27.7 Å². The Labute approximate surface area is 214 Å². The summed E-state index contributed by atoms with van der Waals surface area (Å²) in [5.74, 6) is -10.2. The smallest absolute Gasteiger partial charge is 0.407 e. The molecule has 0 saturated heterocycles. The van der Waals surface area contributed by atoms with Crippen LogP contribution in [-0.2, 0) is 35.0 Å². The Kier molecular flexibility index (Phi) is 8.03. The molecular formula is C24H27F5N4O5. The zero-order chi connectivity index (χ0) is 28.6. The van der Waals surface area contributed by atoms with E-state index in [2.05, 4.69) is 10.3 Å². The van der Waals surface area contributed by atoms with Gasteiger partial charge in [0, 0.05) is 38.5 Å². The normalized spacial score (nSPS) is 14.6. The summed E-state index contributed by atoms with van der Waals surface area (Å²) >= 11 is 0. The number of rotatable bonds is 7. The summed E-state index contributed by atoms with van der Waals surface area (Å²) in [7, 11) is 0. The van der Waals surface area contributed by atoms with Crippen molar-refractivity contribution in [1.82, 2.24) is 19.8 Å². The number of aromatic nitrogens is 2. The molecule has 1 aromatic heterocycles. The molecule has 0 saturated carbocycles. The molecule has 14 heteroatoms. The second-order valence-corrected chi connectivity index (χ2v) is 10.0. The summed E-state index contributed by atoms with van der Waals surface area (Å²) in [6.07, 6.45) is -1.82. The fourth-order valence-corrected chi connectivity index (χ4v) is 4.06. The van der Waals surface area contributed by atoms with Gasteiger partial charge in [0.2, 0.25) is 5.91 Å². The summed E-state index contributed by atoms with van der Waals surface area (Å²) in [4.78, 5) is 41.9. The minimum atomic E-state index is -3.43. The Morgan fingerprint density at radius 1 is 1.08 bits per heavy atom. The number of carbonyl (C=O) groups is 3. The number of alkyl carbamates (subject to hydrolysis) is 1. The molecule has 2 aromatic rings. The summed E-state index contributed by atoms with van der Waals surface area (Å²) in [5, 5.41) is 11.9. The lowest BCUT2D eigenvalue weighted by Crippen LogP contribution is -2.45. The molecule has 0 spiro atoms. The first-order valence-corrected chi connectivity index (χ1v) is 11.6. The van der Waals surface area contributed by atoms with Crippen molar-refractivity contribution in [1.29, 1.82) is 0 Å². The van der Waals surface area contributed by atoms with Crippen molar-refractivity contribution in [2.24, 2.45) is 0 Å². The number of carbonyl (C=O) groups excluding carboxylic acids is 2. The number of ether oxygens (including phenoxy) is 1. The summed E-state index contributed by atoms with van der Waals surface area (Å²) < 4.78 is 75.6. The summed E-state index contributed by atoms with van der Waals surface area (Å²) in [6.45, 7) is 4.75. The fourth-order valence-electron chi connectivity index (χ4n) is 4.06. The molecule has 3 rings (SSSR count). The quantitative estimate of drug-likeness (QED) is 0.401.